The SMILES string of the molecule is CCCC(C#CC=O)O[Si](c1ccccc1)(c1ccccc1)C(C)(C)C. The minimum Gasteiger partial charge on any atom is -0.394 e. The summed E-state index contributed by atoms with van der Waals surface area (Å²) >= 11 is 0. The molecule has 0 saturated heterocycles. The van der Waals surface area contributed by atoms with Gasteiger partial charge in [-0.1, -0.05) is 101 Å². The molecule has 0 saturated carbocycles. The Hall–Kier alpha value is -2.15. The molecule has 0 aromatic heterocycles. The molecule has 136 valence electrons. The van der Waals surface area contributed by atoms with E-state index in [0.29, 0.717) is 6.29 Å². The second-order valence-electron chi connectivity index (χ2n) is 7.46. The first-order valence-corrected chi connectivity index (χ1v) is 11.1. The van der Waals surface area contributed by atoms with Crippen molar-refractivity contribution in [3.8, 4) is 11.8 Å². The average Bonchev–Trinajstić information content (AvgIpc) is 2.64. The molecule has 2 aromatic rings. The summed E-state index contributed by atoms with van der Waals surface area (Å²) in [7, 11) is -2.62. The number of hydrogen-bond acceptors (Lipinski definition) is 2. The number of carbonyl (C=O) groups is 1. The Bertz CT molecular complexity index is 712. The van der Waals surface area contributed by atoms with Crippen LogP contribution >= 0.6 is 0 Å². The van der Waals surface area contributed by atoms with Crippen molar-refractivity contribution in [2.45, 2.75) is 51.7 Å². The van der Waals surface area contributed by atoms with E-state index >= 15 is 0 Å². The van der Waals surface area contributed by atoms with Crippen LogP contribution in [0.4, 0.5) is 0 Å². The van der Waals surface area contributed by atoms with Crippen molar-refractivity contribution in [3.05, 3.63) is 60.7 Å². The summed E-state index contributed by atoms with van der Waals surface area (Å²) in [6.45, 7) is 8.85. The lowest BCUT2D eigenvalue weighted by atomic mass is 10.2. The molecule has 1 atom stereocenters. The maximum Gasteiger partial charge on any atom is 0.262 e. The van der Waals surface area contributed by atoms with E-state index in [4.69, 9.17) is 4.43 Å². The lowest BCUT2D eigenvalue weighted by Gasteiger charge is -2.44. The fourth-order valence-electron chi connectivity index (χ4n) is 3.45. The van der Waals surface area contributed by atoms with Gasteiger partial charge in [0.2, 0.25) is 0 Å². The van der Waals surface area contributed by atoms with E-state index in [1.807, 2.05) is 12.1 Å². The summed E-state index contributed by atoms with van der Waals surface area (Å²) in [6.07, 6.45) is 2.16. The van der Waals surface area contributed by atoms with Crippen molar-refractivity contribution in [2.75, 3.05) is 0 Å². The first kappa shape index (κ1) is 20.2. The van der Waals surface area contributed by atoms with Gasteiger partial charge >= 0.3 is 0 Å². The summed E-state index contributed by atoms with van der Waals surface area (Å²) in [6, 6.07) is 21.0. The van der Waals surface area contributed by atoms with Gasteiger partial charge in [0.1, 0.15) is 6.10 Å². The molecule has 0 aliphatic heterocycles. The van der Waals surface area contributed by atoms with Gasteiger partial charge in [0.05, 0.1) is 0 Å². The van der Waals surface area contributed by atoms with Crippen LogP contribution in [0.15, 0.2) is 60.7 Å². The zero-order valence-electron chi connectivity index (χ0n) is 16.2. The minimum atomic E-state index is -2.62. The van der Waals surface area contributed by atoms with Gasteiger partial charge < -0.3 is 4.43 Å². The number of rotatable bonds is 6. The van der Waals surface area contributed by atoms with Gasteiger partial charge in [0, 0.05) is 0 Å². The van der Waals surface area contributed by atoms with Crippen LogP contribution in [0.2, 0.25) is 5.04 Å². The van der Waals surface area contributed by atoms with Gasteiger partial charge in [-0.15, -0.1) is 0 Å². The highest BCUT2D eigenvalue weighted by Crippen LogP contribution is 2.37. The molecule has 0 radical (unpaired) electrons. The molecular formula is C23H28O2Si. The third kappa shape index (κ3) is 4.33. The Balaban J connectivity index is 2.69. The monoisotopic (exact) mass is 364 g/mol. The van der Waals surface area contributed by atoms with E-state index in [2.05, 4.69) is 88.1 Å². The maximum atomic E-state index is 10.8. The number of hydrogen-bond donors (Lipinski definition) is 0. The molecule has 0 aliphatic carbocycles. The van der Waals surface area contributed by atoms with Crippen molar-refractivity contribution >= 4 is 25.0 Å². The normalized spacial score (nSPS) is 12.8. The van der Waals surface area contributed by atoms with Crippen molar-refractivity contribution < 1.29 is 9.22 Å². The topological polar surface area (TPSA) is 26.3 Å². The molecular weight excluding hydrogens is 336 g/mol. The Morgan fingerprint density at radius 3 is 1.88 bits per heavy atom. The van der Waals surface area contributed by atoms with Crippen LogP contribution in [-0.2, 0) is 9.22 Å². The second-order valence-corrected chi connectivity index (χ2v) is 11.7. The van der Waals surface area contributed by atoms with Crippen molar-refractivity contribution in [1.82, 2.24) is 0 Å². The molecule has 2 nitrogen and oxygen atoms in total. The zero-order chi connectivity index (χ0) is 19.0. The highest BCUT2D eigenvalue weighted by Gasteiger charge is 2.51. The number of aldehydes is 1. The lowest BCUT2D eigenvalue weighted by Crippen LogP contribution is -2.67. The summed E-state index contributed by atoms with van der Waals surface area (Å²) in [5, 5.41) is 2.37. The standard InChI is InChI=1S/C23H28O2Si/c1-5-13-20(14-12-19-24)25-26(23(2,3)4,21-15-8-6-9-16-21)22-17-10-7-11-18-22/h6-11,15-20H,5,13H2,1-4H3. The highest BCUT2D eigenvalue weighted by molar-refractivity contribution is 6.99. The van der Waals surface area contributed by atoms with Gasteiger partial charge in [-0.25, -0.2) is 0 Å². The van der Waals surface area contributed by atoms with Gasteiger partial charge in [-0.3, -0.25) is 4.79 Å². The van der Waals surface area contributed by atoms with Crippen LogP contribution < -0.4 is 10.4 Å². The molecule has 0 heterocycles. The van der Waals surface area contributed by atoms with Crippen LogP contribution in [0.5, 0.6) is 0 Å². The van der Waals surface area contributed by atoms with E-state index in [1.165, 1.54) is 10.4 Å². The van der Waals surface area contributed by atoms with Gasteiger partial charge in [-0.05, 0) is 27.8 Å². The largest absolute Gasteiger partial charge is 0.394 e. The van der Waals surface area contributed by atoms with Gasteiger partial charge in [0.15, 0.2) is 6.29 Å². The smallest absolute Gasteiger partial charge is 0.262 e. The molecule has 0 aliphatic rings. The fraction of sp³-hybridized carbons (Fsp3) is 0.348. The number of carbonyl (C=O) groups excluding carboxylic acids is 1. The maximum absolute atomic E-state index is 10.8. The number of benzene rings is 2. The Morgan fingerprint density at radius 2 is 1.50 bits per heavy atom. The molecule has 26 heavy (non-hydrogen) atoms. The van der Waals surface area contributed by atoms with Crippen molar-refractivity contribution in [1.29, 1.82) is 0 Å². The zero-order valence-corrected chi connectivity index (χ0v) is 17.2. The summed E-state index contributed by atoms with van der Waals surface area (Å²) in [5.74, 6) is 5.61. The Kier molecular flexibility index (Phi) is 6.96. The summed E-state index contributed by atoms with van der Waals surface area (Å²) in [4.78, 5) is 10.8. The summed E-state index contributed by atoms with van der Waals surface area (Å²) < 4.78 is 6.92. The van der Waals surface area contributed by atoms with Crippen LogP contribution in [0.25, 0.3) is 0 Å². The molecule has 0 N–H and O–H groups in total. The Morgan fingerprint density at radius 1 is 1.00 bits per heavy atom. The van der Waals surface area contributed by atoms with Crippen LogP contribution in [-0.4, -0.2) is 20.7 Å². The average molecular weight is 365 g/mol. The van der Waals surface area contributed by atoms with Crippen LogP contribution in [0.1, 0.15) is 40.5 Å². The molecule has 3 heteroatoms. The third-order valence-electron chi connectivity index (χ3n) is 4.59. The van der Waals surface area contributed by atoms with Gasteiger partial charge in [-0.2, -0.15) is 0 Å². The van der Waals surface area contributed by atoms with Crippen molar-refractivity contribution in [3.63, 3.8) is 0 Å². The fourth-order valence-corrected chi connectivity index (χ4v) is 8.07. The molecule has 0 spiro atoms. The molecule has 0 fully saturated rings. The highest BCUT2D eigenvalue weighted by atomic mass is 28.4. The quantitative estimate of drug-likeness (QED) is 0.441. The van der Waals surface area contributed by atoms with Crippen LogP contribution in [0.3, 0.4) is 0 Å². The third-order valence-corrected chi connectivity index (χ3v) is 9.63. The van der Waals surface area contributed by atoms with E-state index in [1.54, 1.807) is 0 Å². The van der Waals surface area contributed by atoms with E-state index in [0.717, 1.165) is 12.8 Å². The van der Waals surface area contributed by atoms with E-state index < -0.39 is 8.32 Å². The first-order chi connectivity index (χ1) is 12.5. The second kappa shape index (κ2) is 8.98. The molecule has 2 rings (SSSR count). The molecule has 2 aromatic carbocycles. The predicted molar refractivity (Wildman–Crippen MR) is 111 cm³/mol. The van der Waals surface area contributed by atoms with E-state index in [9.17, 15) is 4.79 Å². The minimum absolute atomic E-state index is 0.0927. The molecule has 0 bridgehead atoms. The lowest BCUT2D eigenvalue weighted by molar-refractivity contribution is -0.103. The van der Waals surface area contributed by atoms with E-state index in [-0.39, 0.29) is 11.1 Å². The molecule has 0 amide bonds. The van der Waals surface area contributed by atoms with Crippen LogP contribution in [0, 0.1) is 11.8 Å². The molecule has 1 unspecified atom stereocenters. The predicted octanol–water partition coefficient (Wildman–Crippen LogP) is 3.93. The Labute approximate surface area is 158 Å². The van der Waals surface area contributed by atoms with Gasteiger partial charge in [0.25, 0.3) is 8.32 Å². The van der Waals surface area contributed by atoms with Crippen molar-refractivity contribution in [2.24, 2.45) is 0 Å². The summed E-state index contributed by atoms with van der Waals surface area (Å²) in [5.41, 5.74) is 0. The first-order valence-electron chi connectivity index (χ1n) is 9.19.